The molecule has 4 nitrogen and oxygen atoms in total. The molecule has 6 heteroatoms. The van der Waals surface area contributed by atoms with Crippen LogP contribution in [0.2, 0.25) is 0 Å². The van der Waals surface area contributed by atoms with E-state index in [1.54, 1.807) is 6.07 Å². The van der Waals surface area contributed by atoms with Crippen LogP contribution < -0.4 is 11.5 Å². The minimum atomic E-state index is -2.75. The van der Waals surface area contributed by atoms with Crippen molar-refractivity contribution < 1.29 is 8.78 Å². The predicted molar refractivity (Wildman–Crippen MR) is 42.7 cm³/mol. The summed E-state index contributed by atoms with van der Waals surface area (Å²) >= 11 is 0. The largest absolute Gasteiger partial charge is 0.395 e. The maximum atomic E-state index is 12.1. The number of nitrogens with two attached hydrogens (primary N) is 2. The van der Waals surface area contributed by atoms with Gasteiger partial charge in [0.05, 0.1) is 11.3 Å². The van der Waals surface area contributed by atoms with Crippen molar-refractivity contribution in [1.82, 2.24) is 4.98 Å². The van der Waals surface area contributed by atoms with Gasteiger partial charge in [0.2, 0.25) is 0 Å². The Morgan fingerprint density at radius 3 is 2.54 bits per heavy atom. The number of halogens is 2. The summed E-state index contributed by atoms with van der Waals surface area (Å²) in [6.45, 7) is 0. The Kier molecular flexibility index (Phi) is 2.28. The molecule has 0 fully saturated rings. The number of anilines is 2. The van der Waals surface area contributed by atoms with Crippen LogP contribution >= 0.6 is 0 Å². The monoisotopic (exact) mass is 184 g/mol. The summed E-state index contributed by atoms with van der Waals surface area (Å²) in [5.74, 6) is -0.241. The van der Waals surface area contributed by atoms with Crippen LogP contribution in [0.5, 0.6) is 0 Å². The minimum Gasteiger partial charge on any atom is -0.395 e. The number of nitrogens with zero attached hydrogens (tertiary/aromatic N) is 2. The van der Waals surface area contributed by atoms with E-state index in [2.05, 4.69) is 4.98 Å². The predicted octanol–water partition coefficient (Wildman–Crippen LogP) is 1.06. The lowest BCUT2D eigenvalue weighted by atomic mass is 10.2. The summed E-state index contributed by atoms with van der Waals surface area (Å²) in [4.78, 5) is 3.33. The van der Waals surface area contributed by atoms with E-state index in [0.717, 1.165) is 6.07 Å². The van der Waals surface area contributed by atoms with Crippen molar-refractivity contribution in [2.75, 3.05) is 11.5 Å². The van der Waals surface area contributed by atoms with Gasteiger partial charge in [0.15, 0.2) is 0 Å². The van der Waals surface area contributed by atoms with Crippen molar-refractivity contribution in [3.8, 4) is 6.07 Å². The summed E-state index contributed by atoms with van der Waals surface area (Å²) in [6, 6.07) is 2.58. The zero-order valence-corrected chi connectivity index (χ0v) is 6.46. The van der Waals surface area contributed by atoms with E-state index < -0.39 is 12.1 Å². The zero-order chi connectivity index (χ0) is 10.0. The number of alkyl halides is 2. The highest BCUT2D eigenvalue weighted by Crippen LogP contribution is 2.24. The van der Waals surface area contributed by atoms with Crippen molar-refractivity contribution in [1.29, 1.82) is 5.26 Å². The molecule has 0 saturated carbocycles. The van der Waals surface area contributed by atoms with Crippen LogP contribution in [0.1, 0.15) is 17.7 Å². The fraction of sp³-hybridized carbons (Fsp3) is 0.143. The molecule has 68 valence electrons. The molecule has 0 amide bonds. The number of nitrogen functional groups attached to an aromatic ring is 2. The molecule has 4 N–H and O–H groups in total. The van der Waals surface area contributed by atoms with Crippen LogP contribution in [0.3, 0.4) is 0 Å². The van der Waals surface area contributed by atoms with Gasteiger partial charge in [-0.05, 0) is 6.07 Å². The number of nitriles is 1. The summed E-state index contributed by atoms with van der Waals surface area (Å²) in [5.41, 5.74) is 9.84. The van der Waals surface area contributed by atoms with E-state index in [4.69, 9.17) is 16.7 Å². The lowest BCUT2D eigenvalue weighted by Gasteiger charge is -2.04. The van der Waals surface area contributed by atoms with Gasteiger partial charge in [0.1, 0.15) is 17.6 Å². The first-order chi connectivity index (χ1) is 6.06. The highest BCUT2D eigenvalue weighted by Gasteiger charge is 2.13. The third kappa shape index (κ3) is 1.64. The average Bonchev–Trinajstić information content (AvgIpc) is 2.09. The molecule has 0 radical (unpaired) electrons. The molecule has 0 aromatic carbocycles. The van der Waals surface area contributed by atoms with Gasteiger partial charge in [-0.1, -0.05) is 0 Å². The Morgan fingerprint density at radius 2 is 2.08 bits per heavy atom. The second-order valence-electron chi connectivity index (χ2n) is 2.31. The Bertz CT molecular complexity index is 369. The molecule has 0 aliphatic carbocycles. The quantitative estimate of drug-likeness (QED) is 0.682. The van der Waals surface area contributed by atoms with Gasteiger partial charge in [0, 0.05) is 0 Å². The Labute approximate surface area is 72.8 Å². The molecule has 1 aromatic heterocycles. The van der Waals surface area contributed by atoms with Gasteiger partial charge in [-0.15, -0.1) is 0 Å². The number of hydrogen-bond acceptors (Lipinski definition) is 4. The zero-order valence-electron chi connectivity index (χ0n) is 6.46. The van der Waals surface area contributed by atoms with Crippen LogP contribution in [0.25, 0.3) is 0 Å². The molecule has 1 heterocycles. The van der Waals surface area contributed by atoms with Gasteiger partial charge >= 0.3 is 0 Å². The topological polar surface area (TPSA) is 88.7 Å². The first kappa shape index (κ1) is 9.19. The number of hydrogen-bond donors (Lipinski definition) is 2. The maximum absolute atomic E-state index is 12.1. The molecule has 0 bridgehead atoms. The maximum Gasteiger partial charge on any atom is 0.280 e. The SMILES string of the molecule is N#Cc1cc(C(F)F)nc(N)c1N. The van der Waals surface area contributed by atoms with Gasteiger partial charge in [-0.3, -0.25) is 0 Å². The van der Waals surface area contributed by atoms with Crippen molar-refractivity contribution in [3.63, 3.8) is 0 Å². The van der Waals surface area contributed by atoms with Crippen molar-refractivity contribution in [2.24, 2.45) is 0 Å². The van der Waals surface area contributed by atoms with Crippen LogP contribution in [-0.4, -0.2) is 4.98 Å². The third-order valence-electron chi connectivity index (χ3n) is 1.45. The molecule has 0 atom stereocenters. The third-order valence-corrected chi connectivity index (χ3v) is 1.45. The highest BCUT2D eigenvalue weighted by atomic mass is 19.3. The fourth-order valence-electron chi connectivity index (χ4n) is 0.799. The van der Waals surface area contributed by atoms with Crippen molar-refractivity contribution in [3.05, 3.63) is 17.3 Å². The van der Waals surface area contributed by atoms with Crippen LogP contribution in [-0.2, 0) is 0 Å². The van der Waals surface area contributed by atoms with E-state index in [-0.39, 0.29) is 17.1 Å². The van der Waals surface area contributed by atoms with E-state index in [1.165, 1.54) is 0 Å². The molecule has 1 aromatic rings. The molecule has 13 heavy (non-hydrogen) atoms. The van der Waals surface area contributed by atoms with Crippen molar-refractivity contribution in [2.45, 2.75) is 6.43 Å². The summed E-state index contributed by atoms with van der Waals surface area (Å²) < 4.78 is 24.3. The first-order valence-corrected chi connectivity index (χ1v) is 3.30. The smallest absolute Gasteiger partial charge is 0.280 e. The Hall–Kier alpha value is -1.90. The van der Waals surface area contributed by atoms with E-state index in [1.807, 2.05) is 0 Å². The molecule has 1 rings (SSSR count). The molecular formula is C7H6F2N4. The van der Waals surface area contributed by atoms with E-state index >= 15 is 0 Å². The molecular weight excluding hydrogens is 178 g/mol. The summed E-state index contributed by atoms with van der Waals surface area (Å²) in [5, 5.41) is 8.49. The van der Waals surface area contributed by atoms with Crippen LogP contribution in [0.4, 0.5) is 20.3 Å². The molecule has 0 aliphatic rings. The van der Waals surface area contributed by atoms with Gasteiger partial charge in [-0.2, -0.15) is 5.26 Å². The van der Waals surface area contributed by atoms with Gasteiger partial charge < -0.3 is 11.5 Å². The second kappa shape index (κ2) is 3.23. The van der Waals surface area contributed by atoms with Crippen LogP contribution in [0, 0.1) is 11.3 Å². The summed E-state index contributed by atoms with van der Waals surface area (Å²) in [6.07, 6.45) is -2.75. The highest BCUT2D eigenvalue weighted by molar-refractivity contribution is 5.67. The fourth-order valence-corrected chi connectivity index (χ4v) is 0.799. The molecule has 0 spiro atoms. The average molecular weight is 184 g/mol. The van der Waals surface area contributed by atoms with Gasteiger partial charge in [-0.25, -0.2) is 13.8 Å². The summed E-state index contributed by atoms with van der Waals surface area (Å²) in [7, 11) is 0. The van der Waals surface area contributed by atoms with E-state index in [9.17, 15) is 8.78 Å². The molecule has 0 unspecified atom stereocenters. The second-order valence-corrected chi connectivity index (χ2v) is 2.31. The lowest BCUT2D eigenvalue weighted by molar-refractivity contribution is 0.146. The molecule has 0 aliphatic heterocycles. The number of rotatable bonds is 1. The molecule has 0 saturated heterocycles. The first-order valence-electron chi connectivity index (χ1n) is 3.30. The normalized spacial score (nSPS) is 10.0. The van der Waals surface area contributed by atoms with Gasteiger partial charge in [0.25, 0.3) is 6.43 Å². The number of pyridine rings is 1. The Morgan fingerprint density at radius 1 is 1.46 bits per heavy atom. The van der Waals surface area contributed by atoms with Crippen LogP contribution in [0.15, 0.2) is 6.07 Å². The Balaban J connectivity index is 3.32. The van der Waals surface area contributed by atoms with E-state index in [0.29, 0.717) is 0 Å². The number of aromatic nitrogens is 1. The lowest BCUT2D eigenvalue weighted by Crippen LogP contribution is -2.04. The minimum absolute atomic E-state index is 0.0631. The van der Waals surface area contributed by atoms with Crippen molar-refractivity contribution >= 4 is 11.5 Å². The standard InChI is InChI=1S/C7H6F2N4/c8-6(9)4-1-3(2-10)5(11)7(12)13-4/h1,6H,11H2,(H2,12,13).